The van der Waals surface area contributed by atoms with E-state index in [-0.39, 0.29) is 0 Å². The van der Waals surface area contributed by atoms with Crippen LogP contribution in [-0.2, 0) is 6.54 Å². The van der Waals surface area contributed by atoms with Crippen LogP contribution in [0.1, 0.15) is 31.2 Å². The smallest absolute Gasteiger partial charge is 0.207 e. The quantitative estimate of drug-likeness (QED) is 0.863. The standard InChI is InChI=1S/C11H19ClN4S/c1-2-6-16(7-9-4-3-5-13-9)8-10-14-15-11(12)17-10/h9,13H,2-8H2,1H3. The molecule has 1 unspecified atom stereocenters. The Morgan fingerprint density at radius 2 is 2.41 bits per heavy atom. The molecule has 0 bridgehead atoms. The Morgan fingerprint density at radius 3 is 3.00 bits per heavy atom. The molecule has 2 heterocycles. The normalized spacial score (nSPS) is 20.3. The summed E-state index contributed by atoms with van der Waals surface area (Å²) in [5.74, 6) is 0. The molecule has 2 rings (SSSR count). The molecule has 0 amide bonds. The second kappa shape index (κ2) is 6.64. The number of hydrogen-bond acceptors (Lipinski definition) is 5. The number of nitrogens with zero attached hydrogens (tertiary/aromatic N) is 3. The van der Waals surface area contributed by atoms with Crippen LogP contribution >= 0.6 is 22.9 Å². The second-order valence-electron chi connectivity index (χ2n) is 4.48. The van der Waals surface area contributed by atoms with Crippen molar-refractivity contribution in [1.29, 1.82) is 0 Å². The van der Waals surface area contributed by atoms with Gasteiger partial charge in [-0.15, -0.1) is 10.2 Å². The lowest BCUT2D eigenvalue weighted by Gasteiger charge is -2.23. The van der Waals surface area contributed by atoms with E-state index in [1.165, 1.54) is 30.6 Å². The third kappa shape index (κ3) is 4.17. The molecule has 1 aliphatic heterocycles. The van der Waals surface area contributed by atoms with E-state index in [2.05, 4.69) is 27.3 Å². The topological polar surface area (TPSA) is 41.1 Å². The van der Waals surface area contributed by atoms with Gasteiger partial charge in [-0.05, 0) is 44.0 Å². The zero-order chi connectivity index (χ0) is 12.1. The SMILES string of the molecule is CCCN(Cc1nnc(Cl)s1)CC1CCCN1. The fraction of sp³-hybridized carbons (Fsp3) is 0.818. The number of hydrogen-bond donors (Lipinski definition) is 1. The Balaban J connectivity index is 1.87. The van der Waals surface area contributed by atoms with E-state index in [4.69, 9.17) is 11.6 Å². The molecule has 96 valence electrons. The van der Waals surface area contributed by atoms with Crippen LogP contribution in [0.2, 0.25) is 4.47 Å². The molecule has 0 aromatic carbocycles. The van der Waals surface area contributed by atoms with Crippen molar-refractivity contribution in [3.8, 4) is 0 Å². The molecule has 1 atom stereocenters. The molecule has 0 radical (unpaired) electrons. The first kappa shape index (κ1) is 13.2. The zero-order valence-corrected chi connectivity index (χ0v) is 11.7. The molecule has 1 saturated heterocycles. The van der Waals surface area contributed by atoms with Crippen LogP contribution in [0.3, 0.4) is 0 Å². The highest BCUT2D eigenvalue weighted by Crippen LogP contribution is 2.17. The Hall–Kier alpha value is -0.230. The van der Waals surface area contributed by atoms with Crippen molar-refractivity contribution in [2.75, 3.05) is 19.6 Å². The maximum Gasteiger partial charge on any atom is 0.207 e. The van der Waals surface area contributed by atoms with Crippen LogP contribution in [0.5, 0.6) is 0 Å². The molecule has 1 aliphatic rings. The van der Waals surface area contributed by atoms with Gasteiger partial charge in [0.15, 0.2) is 0 Å². The van der Waals surface area contributed by atoms with Crippen molar-refractivity contribution in [3.63, 3.8) is 0 Å². The summed E-state index contributed by atoms with van der Waals surface area (Å²) >= 11 is 7.29. The van der Waals surface area contributed by atoms with Crippen molar-refractivity contribution < 1.29 is 0 Å². The van der Waals surface area contributed by atoms with E-state index in [1.54, 1.807) is 0 Å². The van der Waals surface area contributed by atoms with Gasteiger partial charge in [-0.3, -0.25) is 4.90 Å². The molecule has 0 spiro atoms. The summed E-state index contributed by atoms with van der Waals surface area (Å²) in [7, 11) is 0. The third-order valence-corrected chi connectivity index (χ3v) is 3.99. The van der Waals surface area contributed by atoms with Gasteiger partial charge >= 0.3 is 0 Å². The maximum absolute atomic E-state index is 5.81. The lowest BCUT2D eigenvalue weighted by Crippen LogP contribution is -2.37. The highest BCUT2D eigenvalue weighted by molar-refractivity contribution is 7.15. The maximum atomic E-state index is 5.81. The predicted molar refractivity (Wildman–Crippen MR) is 71.5 cm³/mol. The Morgan fingerprint density at radius 1 is 1.53 bits per heavy atom. The third-order valence-electron chi connectivity index (χ3n) is 2.98. The van der Waals surface area contributed by atoms with Gasteiger partial charge < -0.3 is 5.32 Å². The summed E-state index contributed by atoms with van der Waals surface area (Å²) in [6, 6.07) is 0.643. The van der Waals surface area contributed by atoms with Crippen LogP contribution in [-0.4, -0.2) is 40.8 Å². The average molecular weight is 275 g/mol. The molecular weight excluding hydrogens is 256 g/mol. The summed E-state index contributed by atoms with van der Waals surface area (Å²) in [5, 5.41) is 12.5. The predicted octanol–water partition coefficient (Wildman–Crippen LogP) is 2.16. The highest BCUT2D eigenvalue weighted by Gasteiger charge is 2.18. The van der Waals surface area contributed by atoms with Crippen molar-refractivity contribution in [2.24, 2.45) is 0 Å². The average Bonchev–Trinajstić information content (AvgIpc) is 2.91. The largest absolute Gasteiger partial charge is 0.313 e. The van der Waals surface area contributed by atoms with E-state index in [1.807, 2.05) is 0 Å². The van der Waals surface area contributed by atoms with Gasteiger partial charge in [-0.2, -0.15) is 0 Å². The van der Waals surface area contributed by atoms with Crippen LogP contribution < -0.4 is 5.32 Å². The minimum atomic E-state index is 0.537. The summed E-state index contributed by atoms with van der Waals surface area (Å²) in [6.45, 7) is 6.45. The molecule has 0 aliphatic carbocycles. The van der Waals surface area contributed by atoms with E-state index in [0.29, 0.717) is 10.5 Å². The van der Waals surface area contributed by atoms with Crippen LogP contribution in [0.15, 0.2) is 0 Å². The monoisotopic (exact) mass is 274 g/mol. The van der Waals surface area contributed by atoms with Crippen LogP contribution in [0.4, 0.5) is 0 Å². The zero-order valence-electron chi connectivity index (χ0n) is 10.2. The van der Waals surface area contributed by atoms with Crippen LogP contribution in [0, 0.1) is 0 Å². The van der Waals surface area contributed by atoms with Gasteiger partial charge in [0.2, 0.25) is 4.47 Å². The highest BCUT2D eigenvalue weighted by atomic mass is 35.5. The first-order chi connectivity index (χ1) is 8.28. The van der Waals surface area contributed by atoms with Gasteiger partial charge in [0.1, 0.15) is 5.01 Å². The van der Waals surface area contributed by atoms with E-state index in [0.717, 1.165) is 31.2 Å². The van der Waals surface area contributed by atoms with Gasteiger partial charge in [-0.25, -0.2) is 0 Å². The minimum Gasteiger partial charge on any atom is -0.313 e. The van der Waals surface area contributed by atoms with Crippen molar-refractivity contribution in [2.45, 2.75) is 38.8 Å². The number of rotatable bonds is 6. The molecule has 1 aromatic heterocycles. The van der Waals surface area contributed by atoms with E-state index in [9.17, 15) is 0 Å². The summed E-state index contributed by atoms with van der Waals surface area (Å²) in [5.41, 5.74) is 0. The molecule has 4 nitrogen and oxygen atoms in total. The molecular formula is C11H19ClN4S. The molecule has 1 aromatic rings. The van der Waals surface area contributed by atoms with Crippen molar-refractivity contribution >= 4 is 22.9 Å². The Labute approximate surface area is 111 Å². The number of nitrogens with one attached hydrogen (secondary N) is 1. The lowest BCUT2D eigenvalue weighted by molar-refractivity contribution is 0.241. The Kier molecular flexibility index (Phi) is 5.16. The lowest BCUT2D eigenvalue weighted by atomic mass is 10.2. The molecule has 6 heteroatoms. The second-order valence-corrected chi connectivity index (χ2v) is 6.12. The van der Waals surface area contributed by atoms with Crippen molar-refractivity contribution in [1.82, 2.24) is 20.4 Å². The molecule has 0 saturated carbocycles. The number of aromatic nitrogens is 2. The molecule has 1 fully saturated rings. The van der Waals surface area contributed by atoms with Gasteiger partial charge in [-0.1, -0.05) is 18.3 Å². The summed E-state index contributed by atoms with van der Waals surface area (Å²) < 4.78 is 0.537. The van der Waals surface area contributed by atoms with E-state index < -0.39 is 0 Å². The fourth-order valence-corrected chi connectivity index (χ4v) is 3.17. The Bertz CT molecular complexity index is 338. The first-order valence-electron chi connectivity index (χ1n) is 6.21. The summed E-state index contributed by atoms with van der Waals surface area (Å²) in [6.07, 6.45) is 3.76. The van der Waals surface area contributed by atoms with Gasteiger partial charge in [0.25, 0.3) is 0 Å². The number of halogens is 1. The van der Waals surface area contributed by atoms with Crippen molar-refractivity contribution in [3.05, 3.63) is 9.47 Å². The first-order valence-corrected chi connectivity index (χ1v) is 7.41. The minimum absolute atomic E-state index is 0.537. The molecule has 1 N–H and O–H groups in total. The fourth-order valence-electron chi connectivity index (χ4n) is 2.26. The van der Waals surface area contributed by atoms with Crippen LogP contribution in [0.25, 0.3) is 0 Å². The summed E-state index contributed by atoms with van der Waals surface area (Å²) in [4.78, 5) is 2.44. The van der Waals surface area contributed by atoms with Gasteiger partial charge in [0, 0.05) is 12.6 Å². The molecule has 17 heavy (non-hydrogen) atoms. The van der Waals surface area contributed by atoms with Gasteiger partial charge in [0.05, 0.1) is 6.54 Å². The van der Waals surface area contributed by atoms with E-state index >= 15 is 0 Å².